The van der Waals surface area contributed by atoms with Gasteiger partial charge >= 0.3 is 0 Å². The number of nitrogens with one attached hydrogen (secondary N) is 1. The summed E-state index contributed by atoms with van der Waals surface area (Å²) in [7, 11) is 0. The number of carbonyl (C=O) groups excluding carboxylic acids is 1. The van der Waals surface area contributed by atoms with Gasteiger partial charge in [-0.25, -0.2) is 0 Å². The fourth-order valence-corrected chi connectivity index (χ4v) is 3.18. The van der Waals surface area contributed by atoms with Crippen LogP contribution in [0.15, 0.2) is 0 Å². The summed E-state index contributed by atoms with van der Waals surface area (Å²) >= 11 is 0. The van der Waals surface area contributed by atoms with Crippen LogP contribution in [0.1, 0.15) is 33.6 Å². The van der Waals surface area contributed by atoms with Gasteiger partial charge in [-0.15, -0.1) is 0 Å². The largest absolute Gasteiger partial charge is 0.386 e. The second-order valence-corrected chi connectivity index (χ2v) is 6.43. The molecule has 0 spiro atoms. The monoisotopic (exact) mass is 269 g/mol. The quantitative estimate of drug-likeness (QED) is 0.757. The normalized spacial score (nSPS) is 24.1. The Morgan fingerprint density at radius 2 is 1.89 bits per heavy atom. The molecule has 2 heterocycles. The molecule has 0 aromatic rings. The van der Waals surface area contributed by atoms with E-state index in [-0.39, 0.29) is 5.91 Å². The molecule has 0 unspecified atom stereocenters. The minimum atomic E-state index is -0.635. The van der Waals surface area contributed by atoms with E-state index in [4.69, 9.17) is 0 Å². The zero-order chi connectivity index (χ0) is 14.1. The highest BCUT2D eigenvalue weighted by atomic mass is 16.3. The van der Waals surface area contributed by atoms with Crippen LogP contribution in [0, 0.1) is 0 Å². The number of aliphatic hydroxyl groups is 1. The molecule has 5 nitrogen and oxygen atoms in total. The third-order valence-corrected chi connectivity index (χ3v) is 4.40. The maximum Gasteiger partial charge on any atom is 0.242 e. The number of rotatable bonds is 4. The maximum atomic E-state index is 12.6. The summed E-state index contributed by atoms with van der Waals surface area (Å²) in [6, 6.07) is 0. The van der Waals surface area contributed by atoms with Crippen molar-refractivity contribution in [2.45, 2.75) is 44.8 Å². The molecule has 2 aliphatic heterocycles. The lowest BCUT2D eigenvalue weighted by Crippen LogP contribution is -2.69. The Morgan fingerprint density at radius 1 is 1.32 bits per heavy atom. The molecule has 0 radical (unpaired) electrons. The molecule has 0 bridgehead atoms. The number of carbonyl (C=O) groups is 1. The number of β-amino-alcohol motifs (C(OH)–C–C–N with tert-alkyl or cyclic N) is 1. The molecule has 2 rings (SSSR count). The molecule has 1 amide bonds. The van der Waals surface area contributed by atoms with E-state index in [2.05, 4.69) is 17.1 Å². The highest BCUT2D eigenvalue weighted by Gasteiger charge is 2.48. The molecule has 0 aromatic carbocycles. The summed E-state index contributed by atoms with van der Waals surface area (Å²) in [5.41, 5.74) is -1.10. The zero-order valence-electron chi connectivity index (χ0n) is 12.4. The van der Waals surface area contributed by atoms with E-state index in [1.54, 1.807) is 4.90 Å². The van der Waals surface area contributed by atoms with Crippen LogP contribution in [0.3, 0.4) is 0 Å². The first-order valence-electron chi connectivity index (χ1n) is 7.36. The van der Waals surface area contributed by atoms with Gasteiger partial charge in [-0.05, 0) is 20.3 Å². The molecular formula is C14H27N3O2. The van der Waals surface area contributed by atoms with Gasteiger partial charge in [0.2, 0.25) is 5.91 Å². The van der Waals surface area contributed by atoms with E-state index in [0.717, 1.165) is 39.0 Å². The van der Waals surface area contributed by atoms with E-state index >= 15 is 0 Å². The van der Waals surface area contributed by atoms with Gasteiger partial charge in [0.15, 0.2) is 0 Å². The van der Waals surface area contributed by atoms with Gasteiger partial charge in [-0.3, -0.25) is 9.69 Å². The Bertz CT molecular complexity index is 332. The minimum absolute atomic E-state index is 0.148. The molecule has 0 atom stereocenters. The number of likely N-dealkylation sites (tertiary alicyclic amines) is 1. The van der Waals surface area contributed by atoms with Crippen LogP contribution < -0.4 is 5.32 Å². The molecule has 19 heavy (non-hydrogen) atoms. The van der Waals surface area contributed by atoms with Crippen LogP contribution in [0.2, 0.25) is 0 Å². The predicted octanol–water partition coefficient (Wildman–Crippen LogP) is 0.0436. The second kappa shape index (κ2) is 5.38. The molecule has 0 aliphatic carbocycles. The number of hydrogen-bond acceptors (Lipinski definition) is 4. The Balaban J connectivity index is 1.92. The SMILES string of the molecule is CCCC1(O)CN(C(=O)C(C)(C)N2CCNCC2)C1. The van der Waals surface area contributed by atoms with Crippen molar-refractivity contribution in [1.29, 1.82) is 0 Å². The van der Waals surface area contributed by atoms with Crippen molar-refractivity contribution >= 4 is 5.91 Å². The lowest BCUT2D eigenvalue weighted by Gasteiger charge is -2.51. The van der Waals surface area contributed by atoms with E-state index in [1.165, 1.54) is 0 Å². The summed E-state index contributed by atoms with van der Waals surface area (Å²) in [4.78, 5) is 16.6. The number of hydrogen-bond donors (Lipinski definition) is 2. The maximum absolute atomic E-state index is 12.6. The highest BCUT2D eigenvalue weighted by molar-refractivity contribution is 5.86. The number of amides is 1. The number of nitrogens with zero attached hydrogens (tertiary/aromatic N) is 2. The van der Waals surface area contributed by atoms with Crippen LogP contribution in [-0.4, -0.2) is 71.2 Å². The van der Waals surface area contributed by atoms with Crippen molar-refractivity contribution in [2.24, 2.45) is 0 Å². The average Bonchev–Trinajstić information content (AvgIpc) is 2.36. The van der Waals surface area contributed by atoms with Crippen LogP contribution in [-0.2, 0) is 4.79 Å². The van der Waals surface area contributed by atoms with Gasteiger partial charge < -0.3 is 15.3 Å². The van der Waals surface area contributed by atoms with E-state index in [1.807, 2.05) is 13.8 Å². The van der Waals surface area contributed by atoms with Gasteiger partial charge in [0.05, 0.1) is 24.2 Å². The second-order valence-electron chi connectivity index (χ2n) is 6.43. The predicted molar refractivity (Wildman–Crippen MR) is 75.0 cm³/mol. The highest BCUT2D eigenvalue weighted by Crippen LogP contribution is 2.29. The van der Waals surface area contributed by atoms with Crippen molar-refractivity contribution in [3.63, 3.8) is 0 Å². The third-order valence-electron chi connectivity index (χ3n) is 4.40. The van der Waals surface area contributed by atoms with Gasteiger partial charge in [0.25, 0.3) is 0 Å². The molecule has 2 fully saturated rings. The molecule has 0 saturated carbocycles. The van der Waals surface area contributed by atoms with E-state index < -0.39 is 11.1 Å². The Labute approximate surface area is 115 Å². The van der Waals surface area contributed by atoms with Crippen LogP contribution in [0.4, 0.5) is 0 Å². The van der Waals surface area contributed by atoms with Crippen molar-refractivity contribution in [1.82, 2.24) is 15.1 Å². The summed E-state index contributed by atoms with van der Waals surface area (Å²) in [5, 5.41) is 13.5. The fraction of sp³-hybridized carbons (Fsp3) is 0.929. The topological polar surface area (TPSA) is 55.8 Å². The molecular weight excluding hydrogens is 242 g/mol. The Hall–Kier alpha value is -0.650. The van der Waals surface area contributed by atoms with Crippen molar-refractivity contribution in [2.75, 3.05) is 39.3 Å². The standard InChI is InChI=1S/C14H27N3O2/c1-4-5-14(19)10-16(11-14)12(18)13(2,3)17-8-6-15-7-9-17/h15,19H,4-11H2,1-3H3. The first kappa shape index (κ1) is 14.8. The zero-order valence-corrected chi connectivity index (χ0v) is 12.4. The van der Waals surface area contributed by atoms with E-state index in [9.17, 15) is 9.90 Å². The fourth-order valence-electron chi connectivity index (χ4n) is 3.18. The summed E-state index contributed by atoms with van der Waals surface area (Å²) in [6.45, 7) is 10.7. The smallest absolute Gasteiger partial charge is 0.242 e. The lowest BCUT2D eigenvalue weighted by atomic mass is 9.86. The van der Waals surface area contributed by atoms with Crippen molar-refractivity contribution in [3.05, 3.63) is 0 Å². The first-order valence-corrected chi connectivity index (χ1v) is 7.36. The molecule has 2 saturated heterocycles. The van der Waals surface area contributed by atoms with E-state index in [0.29, 0.717) is 13.1 Å². The lowest BCUT2D eigenvalue weighted by molar-refractivity contribution is -0.167. The Kier molecular flexibility index (Phi) is 4.18. The molecule has 110 valence electrons. The number of piperazine rings is 1. The summed E-state index contributed by atoms with van der Waals surface area (Å²) < 4.78 is 0. The van der Waals surface area contributed by atoms with Crippen LogP contribution in [0.5, 0.6) is 0 Å². The van der Waals surface area contributed by atoms with Gasteiger partial charge in [0.1, 0.15) is 0 Å². The molecule has 5 heteroatoms. The molecule has 2 aliphatic rings. The van der Waals surface area contributed by atoms with Crippen molar-refractivity contribution < 1.29 is 9.90 Å². The minimum Gasteiger partial charge on any atom is -0.386 e. The summed E-state index contributed by atoms with van der Waals surface area (Å²) in [6.07, 6.45) is 1.74. The van der Waals surface area contributed by atoms with Crippen LogP contribution >= 0.6 is 0 Å². The first-order chi connectivity index (χ1) is 8.89. The van der Waals surface area contributed by atoms with Gasteiger partial charge in [0, 0.05) is 26.2 Å². The molecule has 0 aromatic heterocycles. The van der Waals surface area contributed by atoms with Crippen LogP contribution in [0.25, 0.3) is 0 Å². The van der Waals surface area contributed by atoms with Crippen molar-refractivity contribution in [3.8, 4) is 0 Å². The average molecular weight is 269 g/mol. The Morgan fingerprint density at radius 3 is 2.42 bits per heavy atom. The van der Waals surface area contributed by atoms with Gasteiger partial charge in [-0.1, -0.05) is 13.3 Å². The van der Waals surface area contributed by atoms with Gasteiger partial charge in [-0.2, -0.15) is 0 Å². The molecule has 2 N–H and O–H groups in total. The summed E-state index contributed by atoms with van der Waals surface area (Å²) in [5.74, 6) is 0.148. The third kappa shape index (κ3) is 2.93.